The lowest BCUT2D eigenvalue weighted by Crippen LogP contribution is -2.49. The number of amides is 1. The number of rotatable bonds is 1. The molecule has 96 valence electrons. The van der Waals surface area contributed by atoms with Crippen molar-refractivity contribution in [2.24, 2.45) is 16.7 Å². The number of nitrogens with one attached hydrogen (secondary N) is 1. The van der Waals surface area contributed by atoms with E-state index >= 15 is 0 Å². The molecule has 0 aromatic heterocycles. The number of hydrogen-bond donors (Lipinski definition) is 1. The maximum atomic E-state index is 12.6. The molecule has 1 amide bonds. The average molecular weight is 235 g/mol. The van der Waals surface area contributed by atoms with Crippen LogP contribution in [-0.4, -0.2) is 11.4 Å². The Morgan fingerprint density at radius 1 is 1.41 bits per heavy atom. The van der Waals surface area contributed by atoms with Gasteiger partial charge in [0.25, 0.3) is 0 Å². The molecule has 2 atom stereocenters. The normalized spacial score (nSPS) is 35.1. The maximum absolute atomic E-state index is 12.6. The quantitative estimate of drug-likeness (QED) is 0.694. The Morgan fingerprint density at radius 2 is 2.00 bits per heavy atom. The fourth-order valence-electron chi connectivity index (χ4n) is 3.60. The largest absolute Gasteiger partial charge is 0.351 e. The Kier molecular flexibility index (Phi) is 2.51. The van der Waals surface area contributed by atoms with Gasteiger partial charge in [0, 0.05) is 5.54 Å². The van der Waals surface area contributed by atoms with E-state index in [1.165, 1.54) is 6.42 Å². The molecule has 0 radical (unpaired) electrons. The van der Waals surface area contributed by atoms with Crippen LogP contribution in [0.5, 0.6) is 0 Å². The number of fused-ring (bicyclic) bond motifs is 2. The van der Waals surface area contributed by atoms with Crippen LogP contribution < -0.4 is 5.32 Å². The average Bonchev–Trinajstić information content (AvgIpc) is 2.65. The lowest BCUT2D eigenvalue weighted by Gasteiger charge is -2.38. The van der Waals surface area contributed by atoms with Crippen molar-refractivity contribution in [3.8, 4) is 0 Å². The molecule has 0 aromatic rings. The zero-order chi connectivity index (χ0) is 13.1. The van der Waals surface area contributed by atoms with E-state index in [-0.39, 0.29) is 22.3 Å². The minimum absolute atomic E-state index is 0.132. The Balaban J connectivity index is 2.27. The first-order valence-corrected chi connectivity index (χ1v) is 6.62. The van der Waals surface area contributed by atoms with Gasteiger partial charge in [0.15, 0.2) is 0 Å². The van der Waals surface area contributed by atoms with Crippen LogP contribution in [-0.2, 0) is 4.79 Å². The minimum Gasteiger partial charge on any atom is -0.351 e. The smallest absolute Gasteiger partial charge is 0.230 e. The van der Waals surface area contributed by atoms with Crippen LogP contribution in [0, 0.1) is 16.7 Å². The van der Waals surface area contributed by atoms with Gasteiger partial charge in [0.05, 0.1) is 5.41 Å². The van der Waals surface area contributed by atoms with Crippen molar-refractivity contribution in [3.63, 3.8) is 0 Å². The van der Waals surface area contributed by atoms with Gasteiger partial charge in [-0.2, -0.15) is 0 Å². The highest BCUT2D eigenvalue weighted by Gasteiger charge is 2.61. The molecule has 2 rings (SSSR count). The van der Waals surface area contributed by atoms with Crippen LogP contribution in [0.1, 0.15) is 53.9 Å². The van der Waals surface area contributed by atoms with Gasteiger partial charge in [0.2, 0.25) is 5.91 Å². The highest BCUT2D eigenvalue weighted by atomic mass is 16.2. The second-order valence-corrected chi connectivity index (χ2v) is 7.43. The van der Waals surface area contributed by atoms with Crippen molar-refractivity contribution in [3.05, 3.63) is 12.2 Å². The van der Waals surface area contributed by atoms with E-state index in [0.717, 1.165) is 18.4 Å². The highest BCUT2D eigenvalue weighted by Crippen LogP contribution is 2.65. The van der Waals surface area contributed by atoms with Crippen LogP contribution in [0.15, 0.2) is 12.2 Å². The molecule has 0 aliphatic heterocycles. The maximum Gasteiger partial charge on any atom is 0.230 e. The van der Waals surface area contributed by atoms with Crippen molar-refractivity contribution in [2.45, 2.75) is 59.4 Å². The van der Waals surface area contributed by atoms with Gasteiger partial charge in [-0.25, -0.2) is 0 Å². The molecule has 2 aliphatic rings. The Hall–Kier alpha value is -0.790. The molecule has 2 nitrogen and oxygen atoms in total. The summed E-state index contributed by atoms with van der Waals surface area (Å²) in [5.41, 5.74) is 0.856. The molecule has 2 bridgehead atoms. The second kappa shape index (κ2) is 3.37. The monoisotopic (exact) mass is 235 g/mol. The van der Waals surface area contributed by atoms with Gasteiger partial charge in [-0.1, -0.05) is 26.0 Å². The zero-order valence-electron chi connectivity index (χ0n) is 11.8. The number of hydrogen-bond acceptors (Lipinski definition) is 1. The summed E-state index contributed by atoms with van der Waals surface area (Å²) in [4.78, 5) is 12.6. The van der Waals surface area contributed by atoms with E-state index < -0.39 is 0 Å². The van der Waals surface area contributed by atoms with Crippen molar-refractivity contribution in [1.29, 1.82) is 0 Å². The van der Waals surface area contributed by atoms with Gasteiger partial charge in [-0.3, -0.25) is 4.79 Å². The summed E-state index contributed by atoms with van der Waals surface area (Å²) >= 11 is 0. The van der Waals surface area contributed by atoms with Crippen LogP contribution in [0.25, 0.3) is 0 Å². The fourth-order valence-corrected chi connectivity index (χ4v) is 3.60. The molecule has 2 fully saturated rings. The summed E-state index contributed by atoms with van der Waals surface area (Å²) in [6.45, 7) is 14.9. The van der Waals surface area contributed by atoms with E-state index in [0.29, 0.717) is 5.92 Å². The Morgan fingerprint density at radius 3 is 2.41 bits per heavy atom. The van der Waals surface area contributed by atoms with Crippen LogP contribution in [0.3, 0.4) is 0 Å². The molecule has 0 heterocycles. The Labute approximate surface area is 105 Å². The molecule has 17 heavy (non-hydrogen) atoms. The molecule has 2 heteroatoms. The van der Waals surface area contributed by atoms with Crippen LogP contribution >= 0.6 is 0 Å². The summed E-state index contributed by atoms with van der Waals surface area (Å²) in [5, 5.41) is 3.15. The summed E-state index contributed by atoms with van der Waals surface area (Å²) in [6, 6.07) is 0. The summed E-state index contributed by atoms with van der Waals surface area (Å²) in [5.74, 6) is 0.837. The molecule has 1 N–H and O–H groups in total. The molecule has 0 saturated heterocycles. The fraction of sp³-hybridized carbons (Fsp3) is 0.800. The van der Waals surface area contributed by atoms with Gasteiger partial charge in [0.1, 0.15) is 0 Å². The van der Waals surface area contributed by atoms with Crippen molar-refractivity contribution in [1.82, 2.24) is 5.32 Å². The highest BCUT2D eigenvalue weighted by molar-refractivity contribution is 5.88. The van der Waals surface area contributed by atoms with Crippen molar-refractivity contribution < 1.29 is 4.79 Å². The molecule has 2 saturated carbocycles. The lowest BCUT2D eigenvalue weighted by atomic mass is 9.68. The predicted octanol–water partition coefficient (Wildman–Crippen LogP) is 3.28. The number of carbonyl (C=O) groups is 1. The van der Waals surface area contributed by atoms with Gasteiger partial charge in [-0.15, -0.1) is 0 Å². The summed E-state index contributed by atoms with van der Waals surface area (Å²) in [7, 11) is 0. The standard InChI is InChI=1S/C15H25NO/c1-10-14(5,6)11-7-8-15(10,9-11)12(17)16-13(2,3)4/h11H,1,7-9H2,2-6H3,(H,16,17)/t11-,15-/m0/s1. The molecular weight excluding hydrogens is 210 g/mol. The van der Waals surface area contributed by atoms with Gasteiger partial charge in [-0.05, 0) is 51.4 Å². The minimum atomic E-state index is -0.276. The Bertz CT molecular complexity index is 375. The van der Waals surface area contributed by atoms with E-state index in [1.54, 1.807) is 0 Å². The first-order valence-electron chi connectivity index (χ1n) is 6.62. The number of carbonyl (C=O) groups excluding carboxylic acids is 1. The van der Waals surface area contributed by atoms with Gasteiger partial charge >= 0.3 is 0 Å². The third kappa shape index (κ3) is 1.73. The van der Waals surface area contributed by atoms with E-state index in [2.05, 4.69) is 25.7 Å². The van der Waals surface area contributed by atoms with Crippen molar-refractivity contribution in [2.75, 3.05) is 0 Å². The van der Waals surface area contributed by atoms with Gasteiger partial charge < -0.3 is 5.32 Å². The van der Waals surface area contributed by atoms with Crippen molar-refractivity contribution >= 4 is 5.91 Å². The molecule has 0 aromatic carbocycles. The third-order valence-corrected chi connectivity index (χ3v) is 4.81. The molecular formula is C15H25NO. The van der Waals surface area contributed by atoms with Crippen LogP contribution in [0.2, 0.25) is 0 Å². The lowest BCUT2D eigenvalue weighted by molar-refractivity contribution is -0.130. The predicted molar refractivity (Wildman–Crippen MR) is 70.6 cm³/mol. The first kappa shape index (κ1) is 12.7. The van der Waals surface area contributed by atoms with E-state index in [1.807, 2.05) is 20.8 Å². The third-order valence-electron chi connectivity index (χ3n) is 4.81. The summed E-state index contributed by atoms with van der Waals surface area (Å²) < 4.78 is 0. The molecule has 0 spiro atoms. The van der Waals surface area contributed by atoms with Crippen LogP contribution in [0.4, 0.5) is 0 Å². The second-order valence-electron chi connectivity index (χ2n) is 7.43. The zero-order valence-corrected chi connectivity index (χ0v) is 11.8. The molecule has 2 aliphatic carbocycles. The van der Waals surface area contributed by atoms with E-state index in [4.69, 9.17) is 0 Å². The van der Waals surface area contributed by atoms with E-state index in [9.17, 15) is 4.79 Å². The molecule has 0 unspecified atom stereocenters. The summed E-state index contributed by atoms with van der Waals surface area (Å²) in [6.07, 6.45) is 3.16. The first-order chi connectivity index (χ1) is 7.59. The topological polar surface area (TPSA) is 29.1 Å². The SMILES string of the molecule is C=C1C(C)(C)[C@H]2CC[C@]1(C(=O)NC(C)(C)C)C2.